The molecule has 2 aromatic rings. The summed E-state index contributed by atoms with van der Waals surface area (Å²) >= 11 is 0. The smallest absolute Gasteiger partial charge is 0.272 e. The molecule has 0 atom stereocenters. The normalized spacial score (nSPS) is 15.0. The lowest BCUT2D eigenvalue weighted by molar-refractivity contribution is 0.0691. The van der Waals surface area contributed by atoms with Crippen LogP contribution in [0.25, 0.3) is 0 Å². The van der Waals surface area contributed by atoms with E-state index in [2.05, 4.69) is 11.9 Å². The van der Waals surface area contributed by atoms with Gasteiger partial charge < -0.3 is 9.80 Å². The minimum Gasteiger partial charge on any atom is -0.337 e. The zero-order chi connectivity index (χ0) is 17.8. The number of benzene rings is 1. The van der Waals surface area contributed by atoms with Crippen molar-refractivity contribution in [3.05, 3.63) is 59.9 Å². The molecule has 0 saturated carbocycles. The van der Waals surface area contributed by atoms with E-state index in [1.54, 1.807) is 24.1 Å². The van der Waals surface area contributed by atoms with Gasteiger partial charge in [0.2, 0.25) is 0 Å². The number of hydrogen-bond acceptors (Lipinski definition) is 3. The van der Waals surface area contributed by atoms with E-state index in [1.165, 1.54) is 6.20 Å². The third-order valence-corrected chi connectivity index (χ3v) is 4.74. The number of aromatic nitrogens is 1. The molecule has 0 bridgehead atoms. The summed E-state index contributed by atoms with van der Waals surface area (Å²) in [6, 6.07) is 12.7. The fraction of sp³-hybridized carbons (Fsp3) is 0.350. The third kappa shape index (κ3) is 3.87. The number of nitrogens with zero attached hydrogens (tertiary/aromatic N) is 3. The van der Waals surface area contributed by atoms with E-state index in [1.807, 2.05) is 35.2 Å². The molecule has 5 heteroatoms. The largest absolute Gasteiger partial charge is 0.337 e. The van der Waals surface area contributed by atoms with Crippen LogP contribution in [0.15, 0.2) is 48.7 Å². The van der Waals surface area contributed by atoms with Crippen molar-refractivity contribution in [1.29, 1.82) is 0 Å². The Labute approximate surface area is 148 Å². The summed E-state index contributed by atoms with van der Waals surface area (Å²) < 4.78 is 0. The molecule has 5 nitrogen and oxygen atoms in total. The van der Waals surface area contributed by atoms with Gasteiger partial charge in [0.15, 0.2) is 0 Å². The number of carbonyl (C=O) groups is 2. The number of carbonyl (C=O) groups excluding carboxylic acids is 2. The van der Waals surface area contributed by atoms with Crippen molar-refractivity contribution in [3.63, 3.8) is 0 Å². The Bertz CT molecular complexity index is 753. The van der Waals surface area contributed by atoms with Crippen molar-refractivity contribution in [1.82, 2.24) is 9.88 Å². The van der Waals surface area contributed by atoms with Crippen LogP contribution in [0.4, 0.5) is 5.69 Å². The van der Waals surface area contributed by atoms with Crippen molar-refractivity contribution < 1.29 is 9.59 Å². The van der Waals surface area contributed by atoms with Crippen molar-refractivity contribution in [2.45, 2.75) is 19.8 Å². The second-order valence-electron chi connectivity index (χ2n) is 6.60. The van der Waals surface area contributed by atoms with Crippen molar-refractivity contribution in [2.75, 3.05) is 25.0 Å². The highest BCUT2D eigenvalue weighted by Gasteiger charge is 2.23. The van der Waals surface area contributed by atoms with Crippen LogP contribution >= 0.6 is 0 Å². The summed E-state index contributed by atoms with van der Waals surface area (Å²) in [4.78, 5) is 33.0. The van der Waals surface area contributed by atoms with Crippen LogP contribution in [0.3, 0.4) is 0 Å². The standard InChI is InChI=1S/C20H23N3O2/c1-15-9-12-23(13-10-15)20(25)18-14-16(8-11-21-18)19(24)22(2)17-6-4-3-5-7-17/h3-8,11,14-15H,9-10,12-13H2,1-2H3. The average molecular weight is 337 g/mol. The first-order chi connectivity index (χ1) is 12.1. The Kier molecular flexibility index (Phi) is 5.12. The quantitative estimate of drug-likeness (QED) is 0.864. The molecular weight excluding hydrogens is 314 g/mol. The van der Waals surface area contributed by atoms with Crippen LogP contribution in [0.1, 0.15) is 40.6 Å². The molecule has 1 fully saturated rings. The van der Waals surface area contributed by atoms with Crippen LogP contribution in [0.5, 0.6) is 0 Å². The summed E-state index contributed by atoms with van der Waals surface area (Å²) in [5.74, 6) is 0.406. The highest BCUT2D eigenvalue weighted by Crippen LogP contribution is 2.19. The van der Waals surface area contributed by atoms with E-state index in [0.29, 0.717) is 17.2 Å². The molecule has 1 saturated heterocycles. The number of pyridine rings is 1. The Morgan fingerprint density at radius 2 is 1.80 bits per heavy atom. The van der Waals surface area contributed by atoms with Crippen LogP contribution in [0, 0.1) is 5.92 Å². The molecule has 25 heavy (non-hydrogen) atoms. The van der Waals surface area contributed by atoms with Gasteiger partial charge in [-0.3, -0.25) is 14.6 Å². The van der Waals surface area contributed by atoms with Gasteiger partial charge in [-0.05, 0) is 43.0 Å². The van der Waals surface area contributed by atoms with Crippen molar-refractivity contribution in [2.24, 2.45) is 5.92 Å². The molecule has 1 aliphatic rings. The Hall–Kier alpha value is -2.69. The molecule has 0 radical (unpaired) electrons. The summed E-state index contributed by atoms with van der Waals surface area (Å²) in [5, 5.41) is 0. The van der Waals surface area contributed by atoms with Crippen LogP contribution in [-0.2, 0) is 0 Å². The Morgan fingerprint density at radius 1 is 1.12 bits per heavy atom. The van der Waals surface area contributed by atoms with E-state index in [9.17, 15) is 9.59 Å². The number of hydrogen-bond donors (Lipinski definition) is 0. The maximum atomic E-state index is 12.7. The highest BCUT2D eigenvalue weighted by molar-refractivity contribution is 6.06. The molecule has 2 heterocycles. The van der Waals surface area contributed by atoms with E-state index in [4.69, 9.17) is 0 Å². The SMILES string of the molecule is CC1CCN(C(=O)c2cc(C(=O)N(C)c3ccccc3)ccn2)CC1. The molecule has 0 spiro atoms. The van der Waals surface area contributed by atoms with E-state index < -0.39 is 0 Å². The van der Waals surface area contributed by atoms with Crippen molar-refractivity contribution >= 4 is 17.5 Å². The maximum Gasteiger partial charge on any atom is 0.272 e. The fourth-order valence-electron chi connectivity index (χ4n) is 3.02. The maximum absolute atomic E-state index is 12.7. The molecule has 0 aliphatic carbocycles. The van der Waals surface area contributed by atoms with Gasteiger partial charge in [-0.15, -0.1) is 0 Å². The second kappa shape index (κ2) is 7.47. The molecule has 1 aromatic heterocycles. The average Bonchev–Trinajstić information content (AvgIpc) is 2.67. The van der Waals surface area contributed by atoms with Crippen LogP contribution in [-0.4, -0.2) is 41.8 Å². The first kappa shape index (κ1) is 17.1. The van der Waals surface area contributed by atoms with Crippen molar-refractivity contribution in [3.8, 4) is 0 Å². The molecule has 130 valence electrons. The van der Waals surface area contributed by atoms with E-state index in [-0.39, 0.29) is 11.8 Å². The summed E-state index contributed by atoms with van der Waals surface area (Å²) in [6.45, 7) is 3.71. The zero-order valence-electron chi connectivity index (χ0n) is 14.7. The lowest BCUT2D eigenvalue weighted by Crippen LogP contribution is -2.38. The number of likely N-dealkylation sites (tertiary alicyclic amines) is 1. The van der Waals surface area contributed by atoms with Crippen LogP contribution < -0.4 is 4.90 Å². The third-order valence-electron chi connectivity index (χ3n) is 4.74. The number of amides is 2. The number of piperidine rings is 1. The first-order valence-corrected chi connectivity index (χ1v) is 8.64. The van der Waals surface area contributed by atoms with Gasteiger partial charge in [0.25, 0.3) is 11.8 Å². The first-order valence-electron chi connectivity index (χ1n) is 8.64. The molecule has 0 unspecified atom stereocenters. The van der Waals surface area contributed by atoms with Gasteiger partial charge in [-0.2, -0.15) is 0 Å². The molecular formula is C20H23N3O2. The minimum atomic E-state index is -0.157. The summed E-state index contributed by atoms with van der Waals surface area (Å²) in [7, 11) is 1.73. The summed E-state index contributed by atoms with van der Waals surface area (Å²) in [6.07, 6.45) is 3.56. The number of anilines is 1. The van der Waals surface area contributed by atoms with Gasteiger partial charge in [-0.25, -0.2) is 0 Å². The lowest BCUT2D eigenvalue weighted by atomic mass is 9.99. The van der Waals surface area contributed by atoms with Gasteiger partial charge in [-0.1, -0.05) is 25.1 Å². The number of para-hydroxylation sites is 1. The monoisotopic (exact) mass is 337 g/mol. The highest BCUT2D eigenvalue weighted by atomic mass is 16.2. The second-order valence-corrected chi connectivity index (χ2v) is 6.60. The van der Waals surface area contributed by atoms with E-state index >= 15 is 0 Å². The van der Waals surface area contributed by atoms with Gasteiger partial charge in [0.05, 0.1) is 0 Å². The van der Waals surface area contributed by atoms with E-state index in [0.717, 1.165) is 31.6 Å². The molecule has 1 aliphatic heterocycles. The van der Waals surface area contributed by atoms with Crippen LogP contribution in [0.2, 0.25) is 0 Å². The fourth-order valence-corrected chi connectivity index (χ4v) is 3.02. The van der Waals surface area contributed by atoms with Gasteiger partial charge in [0, 0.05) is 37.6 Å². The molecule has 2 amide bonds. The summed E-state index contributed by atoms with van der Waals surface area (Å²) in [5.41, 5.74) is 1.61. The predicted octanol–water partition coefficient (Wildman–Crippen LogP) is 3.23. The van der Waals surface area contributed by atoms with Gasteiger partial charge in [0.1, 0.15) is 5.69 Å². The molecule has 1 aromatic carbocycles. The number of rotatable bonds is 3. The molecule has 3 rings (SSSR count). The predicted molar refractivity (Wildman–Crippen MR) is 97.7 cm³/mol. The molecule has 0 N–H and O–H groups in total. The Balaban J connectivity index is 1.77. The Morgan fingerprint density at radius 3 is 2.48 bits per heavy atom. The minimum absolute atomic E-state index is 0.0936. The zero-order valence-corrected chi connectivity index (χ0v) is 14.7. The topological polar surface area (TPSA) is 53.5 Å². The lowest BCUT2D eigenvalue weighted by Gasteiger charge is -2.30. The van der Waals surface area contributed by atoms with Gasteiger partial charge >= 0.3 is 0 Å².